The van der Waals surface area contributed by atoms with Crippen molar-refractivity contribution in [3.05, 3.63) is 0 Å². The maximum absolute atomic E-state index is 9.15. The number of nitrogens with zero attached hydrogens (tertiary/aromatic N) is 1. The molecule has 1 rings (SSSR count). The third-order valence-electron chi connectivity index (χ3n) is 2.97. The van der Waals surface area contributed by atoms with E-state index in [1.54, 1.807) is 0 Å². The normalized spacial score (nSPS) is 20.5. The molecule has 2 heteroatoms. The molecule has 1 saturated carbocycles. The Labute approximate surface area is 75.6 Å². The summed E-state index contributed by atoms with van der Waals surface area (Å²) in [5, 5.41) is 9.15. The summed E-state index contributed by atoms with van der Waals surface area (Å²) in [5.74, 6) is 0.766. The first kappa shape index (κ1) is 10.0. The molecule has 1 N–H and O–H groups in total. The average Bonchev–Trinajstić information content (AvgIpc) is 2.80. The summed E-state index contributed by atoms with van der Waals surface area (Å²) in [6, 6.07) is 0. The fourth-order valence-electron chi connectivity index (χ4n) is 1.49. The van der Waals surface area contributed by atoms with Crippen LogP contribution in [0.1, 0.15) is 33.1 Å². The summed E-state index contributed by atoms with van der Waals surface area (Å²) in [4.78, 5) is 2.33. The Morgan fingerprint density at radius 1 is 1.42 bits per heavy atom. The summed E-state index contributed by atoms with van der Waals surface area (Å²) in [6.07, 6.45) is 3.59. The molecule has 1 fully saturated rings. The highest BCUT2D eigenvalue weighted by atomic mass is 16.3. The Balaban J connectivity index is 2.23. The molecule has 0 heterocycles. The van der Waals surface area contributed by atoms with Gasteiger partial charge < -0.3 is 5.11 Å². The van der Waals surface area contributed by atoms with Crippen LogP contribution in [0, 0.1) is 5.92 Å². The van der Waals surface area contributed by atoms with Gasteiger partial charge in [-0.2, -0.15) is 0 Å². The zero-order valence-electron chi connectivity index (χ0n) is 8.51. The number of aliphatic hydroxyl groups is 1. The second kappa shape index (κ2) is 3.75. The van der Waals surface area contributed by atoms with E-state index in [-0.39, 0.29) is 5.54 Å². The van der Waals surface area contributed by atoms with Crippen molar-refractivity contribution >= 4 is 0 Å². The van der Waals surface area contributed by atoms with E-state index in [1.807, 2.05) is 0 Å². The predicted octanol–water partition coefficient (Wildman–Crippen LogP) is 1.49. The van der Waals surface area contributed by atoms with E-state index in [9.17, 15) is 0 Å². The third kappa shape index (κ3) is 2.20. The lowest BCUT2D eigenvalue weighted by Crippen LogP contribution is -2.37. The highest BCUT2D eigenvalue weighted by Crippen LogP contribution is 2.40. The van der Waals surface area contributed by atoms with Crippen LogP contribution < -0.4 is 0 Å². The summed E-state index contributed by atoms with van der Waals surface area (Å²) in [5.41, 5.74) is 0.175. The molecule has 0 saturated heterocycles. The largest absolute Gasteiger partial charge is 0.394 e. The molecule has 0 aromatic rings. The molecule has 1 aliphatic rings. The van der Waals surface area contributed by atoms with E-state index in [4.69, 9.17) is 5.11 Å². The van der Waals surface area contributed by atoms with Crippen molar-refractivity contribution in [1.29, 1.82) is 0 Å². The van der Waals surface area contributed by atoms with Gasteiger partial charge in [0, 0.05) is 5.54 Å². The SMILES string of the molecule is CC(C)CCN(C)C1(CO)CC1. The molecule has 0 aromatic carbocycles. The van der Waals surface area contributed by atoms with Gasteiger partial charge in [-0.05, 0) is 38.8 Å². The van der Waals surface area contributed by atoms with Crippen LogP contribution in [0.4, 0.5) is 0 Å². The first-order valence-electron chi connectivity index (χ1n) is 4.93. The topological polar surface area (TPSA) is 23.5 Å². The summed E-state index contributed by atoms with van der Waals surface area (Å²) in [6.45, 7) is 5.94. The van der Waals surface area contributed by atoms with Crippen molar-refractivity contribution in [2.45, 2.75) is 38.6 Å². The monoisotopic (exact) mass is 171 g/mol. The molecule has 0 unspecified atom stereocenters. The lowest BCUT2D eigenvalue weighted by molar-refractivity contribution is 0.124. The highest BCUT2D eigenvalue weighted by Gasteiger charge is 2.45. The minimum Gasteiger partial charge on any atom is -0.394 e. The van der Waals surface area contributed by atoms with Gasteiger partial charge in [0.15, 0.2) is 0 Å². The second-order valence-corrected chi connectivity index (χ2v) is 4.49. The van der Waals surface area contributed by atoms with Crippen LogP contribution in [0.5, 0.6) is 0 Å². The van der Waals surface area contributed by atoms with Crippen molar-refractivity contribution < 1.29 is 5.11 Å². The van der Waals surface area contributed by atoms with Gasteiger partial charge in [0.1, 0.15) is 0 Å². The summed E-state index contributed by atoms with van der Waals surface area (Å²) < 4.78 is 0. The Kier molecular flexibility index (Phi) is 3.13. The Hall–Kier alpha value is -0.0800. The van der Waals surface area contributed by atoms with E-state index in [2.05, 4.69) is 25.8 Å². The molecular formula is C10H21NO. The average molecular weight is 171 g/mol. The fourth-order valence-corrected chi connectivity index (χ4v) is 1.49. The van der Waals surface area contributed by atoms with Crippen LogP contribution in [-0.4, -0.2) is 35.7 Å². The summed E-state index contributed by atoms with van der Waals surface area (Å²) in [7, 11) is 2.13. The Morgan fingerprint density at radius 2 is 2.00 bits per heavy atom. The lowest BCUT2D eigenvalue weighted by Gasteiger charge is -2.26. The fraction of sp³-hybridized carbons (Fsp3) is 1.00. The van der Waals surface area contributed by atoms with Crippen LogP contribution in [0.15, 0.2) is 0 Å². The van der Waals surface area contributed by atoms with Crippen molar-refractivity contribution in [2.24, 2.45) is 5.92 Å². The lowest BCUT2D eigenvalue weighted by atomic mass is 10.1. The minimum absolute atomic E-state index is 0.175. The Morgan fingerprint density at radius 3 is 2.33 bits per heavy atom. The third-order valence-corrected chi connectivity index (χ3v) is 2.97. The smallest absolute Gasteiger partial charge is 0.0615 e. The van der Waals surface area contributed by atoms with Gasteiger partial charge in [-0.3, -0.25) is 4.90 Å². The van der Waals surface area contributed by atoms with Gasteiger partial charge >= 0.3 is 0 Å². The number of likely N-dealkylation sites (N-methyl/N-ethyl adjacent to an activating group) is 1. The van der Waals surface area contributed by atoms with Crippen LogP contribution in [-0.2, 0) is 0 Å². The van der Waals surface area contributed by atoms with Crippen molar-refractivity contribution in [3.63, 3.8) is 0 Å². The Bertz CT molecular complexity index is 141. The molecule has 0 aromatic heterocycles. The molecular weight excluding hydrogens is 150 g/mol. The molecule has 2 nitrogen and oxygen atoms in total. The standard InChI is InChI=1S/C10H21NO/c1-9(2)4-7-11(3)10(8-12)5-6-10/h9,12H,4-8H2,1-3H3. The predicted molar refractivity (Wildman–Crippen MR) is 51.1 cm³/mol. The number of aliphatic hydroxyl groups excluding tert-OH is 1. The minimum atomic E-state index is 0.175. The van der Waals surface area contributed by atoms with Gasteiger partial charge in [-0.25, -0.2) is 0 Å². The summed E-state index contributed by atoms with van der Waals surface area (Å²) >= 11 is 0. The van der Waals surface area contributed by atoms with Gasteiger partial charge in [0.25, 0.3) is 0 Å². The first-order valence-corrected chi connectivity index (χ1v) is 4.93. The van der Waals surface area contributed by atoms with Crippen LogP contribution in [0.25, 0.3) is 0 Å². The maximum atomic E-state index is 9.15. The van der Waals surface area contributed by atoms with Crippen molar-refractivity contribution in [1.82, 2.24) is 4.90 Å². The first-order chi connectivity index (χ1) is 5.60. The highest BCUT2D eigenvalue weighted by molar-refractivity contribution is 5.02. The molecule has 1 aliphatic carbocycles. The zero-order chi connectivity index (χ0) is 9.19. The van der Waals surface area contributed by atoms with Gasteiger partial charge in [0.2, 0.25) is 0 Å². The molecule has 72 valence electrons. The molecule has 0 atom stereocenters. The molecule has 12 heavy (non-hydrogen) atoms. The number of hydrogen-bond acceptors (Lipinski definition) is 2. The van der Waals surface area contributed by atoms with Gasteiger partial charge in [0.05, 0.1) is 6.61 Å². The van der Waals surface area contributed by atoms with E-state index >= 15 is 0 Å². The van der Waals surface area contributed by atoms with Crippen LogP contribution in [0.3, 0.4) is 0 Å². The second-order valence-electron chi connectivity index (χ2n) is 4.49. The van der Waals surface area contributed by atoms with Crippen LogP contribution in [0.2, 0.25) is 0 Å². The number of rotatable bonds is 5. The van der Waals surface area contributed by atoms with Crippen LogP contribution >= 0.6 is 0 Å². The number of hydrogen-bond donors (Lipinski definition) is 1. The van der Waals surface area contributed by atoms with Gasteiger partial charge in [-0.15, -0.1) is 0 Å². The molecule has 0 radical (unpaired) electrons. The van der Waals surface area contributed by atoms with E-state index in [1.165, 1.54) is 19.3 Å². The van der Waals surface area contributed by atoms with Crippen molar-refractivity contribution in [3.8, 4) is 0 Å². The molecule has 0 aliphatic heterocycles. The quantitative estimate of drug-likeness (QED) is 0.677. The molecule has 0 amide bonds. The van der Waals surface area contributed by atoms with Gasteiger partial charge in [-0.1, -0.05) is 13.8 Å². The van der Waals surface area contributed by atoms with E-state index in [0.717, 1.165) is 12.5 Å². The zero-order valence-corrected chi connectivity index (χ0v) is 8.51. The molecule has 0 spiro atoms. The maximum Gasteiger partial charge on any atom is 0.0615 e. The van der Waals surface area contributed by atoms with Crippen molar-refractivity contribution in [2.75, 3.05) is 20.2 Å². The van der Waals surface area contributed by atoms with E-state index < -0.39 is 0 Å². The van der Waals surface area contributed by atoms with E-state index in [0.29, 0.717) is 6.61 Å². The molecule has 0 bridgehead atoms.